The maximum absolute atomic E-state index is 11.1. The van der Waals surface area contributed by atoms with Crippen LogP contribution in [0.1, 0.15) is 84.5 Å². The Bertz CT molecular complexity index is 285. The maximum atomic E-state index is 11.1. The van der Waals surface area contributed by atoms with Gasteiger partial charge in [-0.25, -0.2) is 0 Å². The zero-order chi connectivity index (χ0) is 14.4. The Morgan fingerprint density at radius 3 is 2.40 bits per heavy atom. The van der Waals surface area contributed by atoms with Gasteiger partial charge in [-0.05, 0) is 49.4 Å². The third kappa shape index (κ3) is 4.60. The van der Waals surface area contributed by atoms with Crippen LogP contribution in [0.15, 0.2) is 0 Å². The summed E-state index contributed by atoms with van der Waals surface area (Å²) < 4.78 is 0. The topological polar surface area (TPSA) is 17.1 Å². The molecular weight excluding hydrogens is 244 g/mol. The molecule has 0 heterocycles. The number of hydrogen-bond donors (Lipinski definition) is 0. The molecular formula is C19H34O. The van der Waals surface area contributed by atoms with Crippen LogP contribution >= 0.6 is 0 Å². The number of carbonyl (C=O) groups excluding carboxylic acids is 1. The summed E-state index contributed by atoms with van der Waals surface area (Å²) in [5.74, 6) is 3.98. The monoisotopic (exact) mass is 278 g/mol. The molecule has 2 saturated carbocycles. The summed E-state index contributed by atoms with van der Waals surface area (Å²) in [7, 11) is 0. The number of rotatable bonds is 6. The highest BCUT2D eigenvalue weighted by molar-refractivity contribution is 5.54. The second kappa shape index (κ2) is 8.20. The predicted octanol–water partition coefficient (Wildman–Crippen LogP) is 5.62. The van der Waals surface area contributed by atoms with Gasteiger partial charge in [0, 0.05) is 5.92 Å². The van der Waals surface area contributed by atoms with Crippen LogP contribution < -0.4 is 0 Å². The van der Waals surface area contributed by atoms with Gasteiger partial charge in [0.05, 0.1) is 0 Å². The summed E-state index contributed by atoms with van der Waals surface area (Å²) in [6.07, 6.45) is 16.2. The van der Waals surface area contributed by atoms with Crippen LogP contribution in [0.4, 0.5) is 0 Å². The third-order valence-electron chi connectivity index (χ3n) is 6.29. The quantitative estimate of drug-likeness (QED) is 0.455. The van der Waals surface area contributed by atoms with Crippen molar-refractivity contribution < 1.29 is 4.79 Å². The predicted molar refractivity (Wildman–Crippen MR) is 85.6 cm³/mol. The number of carbonyl (C=O) groups is 1. The van der Waals surface area contributed by atoms with E-state index in [0.29, 0.717) is 11.8 Å². The number of aldehydes is 1. The summed E-state index contributed by atoms with van der Waals surface area (Å²) in [6, 6.07) is 0. The van der Waals surface area contributed by atoms with Crippen LogP contribution in [0.25, 0.3) is 0 Å². The summed E-state index contributed by atoms with van der Waals surface area (Å²) in [6.45, 7) is 4.86. The fraction of sp³-hybridized carbons (Fsp3) is 0.947. The SMILES string of the molecule is CC1CCC(CCCCC2CCCCC2C=O)CC1C. The molecule has 0 bridgehead atoms. The number of unbranched alkanes of at least 4 members (excludes halogenated alkanes) is 1. The molecule has 2 aliphatic rings. The lowest BCUT2D eigenvalue weighted by atomic mass is 9.73. The van der Waals surface area contributed by atoms with Gasteiger partial charge < -0.3 is 4.79 Å². The van der Waals surface area contributed by atoms with Crippen LogP contribution in [0.3, 0.4) is 0 Å². The molecule has 0 aliphatic heterocycles. The van der Waals surface area contributed by atoms with Crippen molar-refractivity contribution in [3.8, 4) is 0 Å². The Morgan fingerprint density at radius 2 is 1.65 bits per heavy atom. The first-order chi connectivity index (χ1) is 9.70. The van der Waals surface area contributed by atoms with Crippen molar-refractivity contribution in [3.05, 3.63) is 0 Å². The van der Waals surface area contributed by atoms with Crippen molar-refractivity contribution >= 4 is 6.29 Å². The molecule has 0 amide bonds. The lowest BCUT2D eigenvalue weighted by Gasteiger charge is -2.32. The van der Waals surface area contributed by atoms with Gasteiger partial charge in [-0.3, -0.25) is 0 Å². The zero-order valence-electron chi connectivity index (χ0n) is 13.7. The Balaban J connectivity index is 1.60. The molecule has 2 aliphatic carbocycles. The van der Waals surface area contributed by atoms with Gasteiger partial charge in [-0.1, -0.05) is 58.8 Å². The minimum absolute atomic E-state index is 0.388. The van der Waals surface area contributed by atoms with Crippen molar-refractivity contribution in [3.63, 3.8) is 0 Å². The Kier molecular flexibility index (Phi) is 6.58. The molecule has 1 heteroatoms. The molecule has 0 aromatic carbocycles. The van der Waals surface area contributed by atoms with Gasteiger partial charge in [0.2, 0.25) is 0 Å². The maximum Gasteiger partial charge on any atom is 0.123 e. The Hall–Kier alpha value is -0.330. The van der Waals surface area contributed by atoms with Crippen molar-refractivity contribution in [2.24, 2.45) is 29.6 Å². The van der Waals surface area contributed by atoms with E-state index in [0.717, 1.165) is 24.2 Å². The van der Waals surface area contributed by atoms with E-state index in [-0.39, 0.29) is 0 Å². The smallest absolute Gasteiger partial charge is 0.123 e. The lowest BCUT2D eigenvalue weighted by Crippen LogP contribution is -2.21. The molecule has 20 heavy (non-hydrogen) atoms. The third-order valence-corrected chi connectivity index (χ3v) is 6.29. The van der Waals surface area contributed by atoms with Crippen LogP contribution in [0.5, 0.6) is 0 Å². The van der Waals surface area contributed by atoms with Crippen molar-refractivity contribution in [2.45, 2.75) is 84.5 Å². The lowest BCUT2D eigenvalue weighted by molar-refractivity contribution is -0.113. The van der Waals surface area contributed by atoms with E-state index in [9.17, 15) is 4.79 Å². The second-order valence-corrected chi connectivity index (χ2v) is 7.76. The highest BCUT2D eigenvalue weighted by atomic mass is 16.1. The van der Waals surface area contributed by atoms with Crippen molar-refractivity contribution in [2.75, 3.05) is 0 Å². The Morgan fingerprint density at radius 1 is 0.900 bits per heavy atom. The van der Waals surface area contributed by atoms with E-state index in [4.69, 9.17) is 0 Å². The normalized spacial score (nSPS) is 38.6. The highest BCUT2D eigenvalue weighted by Crippen LogP contribution is 2.37. The molecule has 0 saturated heterocycles. The van der Waals surface area contributed by atoms with E-state index in [1.165, 1.54) is 70.5 Å². The Labute approximate surface area is 125 Å². The minimum atomic E-state index is 0.388. The first kappa shape index (κ1) is 16.0. The van der Waals surface area contributed by atoms with Crippen molar-refractivity contribution in [1.82, 2.24) is 0 Å². The highest BCUT2D eigenvalue weighted by Gasteiger charge is 2.25. The van der Waals surface area contributed by atoms with Crippen LogP contribution in [0.2, 0.25) is 0 Å². The second-order valence-electron chi connectivity index (χ2n) is 7.76. The average Bonchev–Trinajstić information content (AvgIpc) is 2.47. The molecule has 0 radical (unpaired) electrons. The van der Waals surface area contributed by atoms with Gasteiger partial charge in [0.25, 0.3) is 0 Å². The molecule has 5 unspecified atom stereocenters. The molecule has 2 fully saturated rings. The molecule has 116 valence electrons. The molecule has 0 N–H and O–H groups in total. The first-order valence-corrected chi connectivity index (χ1v) is 9.16. The van der Waals surface area contributed by atoms with Crippen LogP contribution in [-0.2, 0) is 4.79 Å². The van der Waals surface area contributed by atoms with Gasteiger partial charge >= 0.3 is 0 Å². The molecule has 0 aromatic heterocycles. The summed E-state index contributed by atoms with van der Waals surface area (Å²) in [5.41, 5.74) is 0. The van der Waals surface area contributed by atoms with Gasteiger partial charge in [0.15, 0.2) is 0 Å². The van der Waals surface area contributed by atoms with Gasteiger partial charge in [0.1, 0.15) is 6.29 Å². The van der Waals surface area contributed by atoms with Gasteiger partial charge in [-0.15, -0.1) is 0 Å². The van der Waals surface area contributed by atoms with Gasteiger partial charge in [-0.2, -0.15) is 0 Å². The van der Waals surface area contributed by atoms with Crippen LogP contribution in [0, 0.1) is 29.6 Å². The first-order valence-electron chi connectivity index (χ1n) is 9.16. The summed E-state index contributed by atoms with van der Waals surface area (Å²) in [4.78, 5) is 11.1. The summed E-state index contributed by atoms with van der Waals surface area (Å²) >= 11 is 0. The van der Waals surface area contributed by atoms with E-state index in [1.807, 2.05) is 0 Å². The zero-order valence-corrected chi connectivity index (χ0v) is 13.7. The van der Waals surface area contributed by atoms with E-state index in [2.05, 4.69) is 13.8 Å². The fourth-order valence-corrected chi connectivity index (χ4v) is 4.53. The number of hydrogen-bond acceptors (Lipinski definition) is 1. The molecule has 1 nitrogen and oxygen atoms in total. The van der Waals surface area contributed by atoms with Crippen molar-refractivity contribution in [1.29, 1.82) is 0 Å². The fourth-order valence-electron chi connectivity index (χ4n) is 4.53. The minimum Gasteiger partial charge on any atom is -0.303 e. The molecule has 2 rings (SSSR count). The van der Waals surface area contributed by atoms with E-state index < -0.39 is 0 Å². The largest absolute Gasteiger partial charge is 0.303 e. The summed E-state index contributed by atoms with van der Waals surface area (Å²) in [5, 5.41) is 0. The van der Waals surface area contributed by atoms with E-state index in [1.54, 1.807) is 0 Å². The van der Waals surface area contributed by atoms with E-state index >= 15 is 0 Å². The molecule has 0 spiro atoms. The average molecular weight is 278 g/mol. The molecule has 0 aromatic rings. The molecule has 5 atom stereocenters. The van der Waals surface area contributed by atoms with Crippen LogP contribution in [-0.4, -0.2) is 6.29 Å². The standard InChI is InChI=1S/C19H34O/c1-15-11-12-17(13-16(15)2)7-3-4-8-18-9-5-6-10-19(18)14-20/h14-19H,3-13H2,1-2H3.